The van der Waals surface area contributed by atoms with Crippen LogP contribution in [0.2, 0.25) is 0 Å². The SMILES string of the molecule is CSc1cccc(NC(C)c2ccc3c(c2)OCO3)c1. The van der Waals surface area contributed by atoms with Crippen LogP contribution in [0.4, 0.5) is 5.69 Å². The van der Waals surface area contributed by atoms with Gasteiger partial charge in [-0.25, -0.2) is 0 Å². The van der Waals surface area contributed by atoms with Gasteiger partial charge >= 0.3 is 0 Å². The second-order valence-corrected chi connectivity index (χ2v) is 5.59. The molecule has 1 unspecified atom stereocenters. The van der Waals surface area contributed by atoms with Crippen LogP contribution in [-0.4, -0.2) is 13.0 Å². The molecule has 1 N–H and O–H groups in total. The maximum absolute atomic E-state index is 5.42. The molecule has 1 atom stereocenters. The van der Waals surface area contributed by atoms with Gasteiger partial charge in [0.15, 0.2) is 11.5 Å². The number of hydrogen-bond acceptors (Lipinski definition) is 4. The van der Waals surface area contributed by atoms with Gasteiger partial charge in [0.25, 0.3) is 0 Å². The highest BCUT2D eigenvalue weighted by molar-refractivity contribution is 7.98. The molecule has 1 heterocycles. The van der Waals surface area contributed by atoms with Crippen molar-refractivity contribution < 1.29 is 9.47 Å². The molecule has 0 bridgehead atoms. The van der Waals surface area contributed by atoms with E-state index in [0.717, 1.165) is 17.2 Å². The molecule has 1 aliphatic heterocycles. The molecule has 1 aliphatic rings. The van der Waals surface area contributed by atoms with Crippen molar-refractivity contribution in [2.45, 2.75) is 17.9 Å². The lowest BCUT2D eigenvalue weighted by Crippen LogP contribution is -2.06. The van der Waals surface area contributed by atoms with Gasteiger partial charge in [0.2, 0.25) is 6.79 Å². The molecule has 0 aromatic heterocycles. The van der Waals surface area contributed by atoms with Crippen LogP contribution in [0.1, 0.15) is 18.5 Å². The van der Waals surface area contributed by atoms with Crippen molar-refractivity contribution in [2.24, 2.45) is 0 Å². The molecule has 0 spiro atoms. The predicted molar refractivity (Wildman–Crippen MR) is 82.8 cm³/mol. The second-order valence-electron chi connectivity index (χ2n) is 4.71. The zero-order chi connectivity index (χ0) is 13.9. The van der Waals surface area contributed by atoms with Crippen molar-refractivity contribution in [3.63, 3.8) is 0 Å². The maximum atomic E-state index is 5.42. The number of benzene rings is 2. The number of ether oxygens (including phenoxy) is 2. The lowest BCUT2D eigenvalue weighted by atomic mass is 10.1. The molecular weight excluding hydrogens is 270 g/mol. The van der Waals surface area contributed by atoms with Crippen LogP contribution in [0, 0.1) is 0 Å². The topological polar surface area (TPSA) is 30.5 Å². The van der Waals surface area contributed by atoms with Crippen LogP contribution in [0.5, 0.6) is 11.5 Å². The molecule has 0 saturated heterocycles. The molecule has 0 amide bonds. The Labute approximate surface area is 123 Å². The minimum atomic E-state index is 0.210. The summed E-state index contributed by atoms with van der Waals surface area (Å²) in [4.78, 5) is 1.26. The van der Waals surface area contributed by atoms with E-state index in [0.29, 0.717) is 6.79 Å². The third kappa shape index (κ3) is 2.70. The molecule has 3 rings (SSSR count). The Bertz CT molecular complexity index is 615. The van der Waals surface area contributed by atoms with Gasteiger partial charge in [0.05, 0.1) is 0 Å². The Hall–Kier alpha value is -1.81. The van der Waals surface area contributed by atoms with Gasteiger partial charge < -0.3 is 14.8 Å². The highest BCUT2D eigenvalue weighted by Crippen LogP contribution is 2.35. The molecule has 0 fully saturated rings. The van der Waals surface area contributed by atoms with Crippen molar-refractivity contribution >= 4 is 17.4 Å². The zero-order valence-corrected chi connectivity index (χ0v) is 12.4. The van der Waals surface area contributed by atoms with E-state index in [-0.39, 0.29) is 6.04 Å². The van der Waals surface area contributed by atoms with Gasteiger partial charge in [-0.2, -0.15) is 0 Å². The summed E-state index contributed by atoms with van der Waals surface area (Å²) in [6.45, 7) is 2.46. The zero-order valence-electron chi connectivity index (χ0n) is 11.6. The molecule has 0 saturated carbocycles. The fourth-order valence-electron chi connectivity index (χ4n) is 2.23. The van der Waals surface area contributed by atoms with Crippen LogP contribution in [-0.2, 0) is 0 Å². The summed E-state index contributed by atoms with van der Waals surface area (Å²) in [5.74, 6) is 1.65. The van der Waals surface area contributed by atoms with Gasteiger partial charge in [0, 0.05) is 16.6 Å². The second kappa shape index (κ2) is 5.67. The summed E-state index contributed by atoms with van der Waals surface area (Å²) in [7, 11) is 0. The van der Waals surface area contributed by atoms with E-state index < -0.39 is 0 Å². The summed E-state index contributed by atoms with van der Waals surface area (Å²) in [5, 5.41) is 3.51. The smallest absolute Gasteiger partial charge is 0.231 e. The maximum Gasteiger partial charge on any atom is 0.231 e. The average Bonchev–Trinajstić information content (AvgIpc) is 2.94. The first-order valence-corrected chi connectivity index (χ1v) is 7.79. The van der Waals surface area contributed by atoms with Gasteiger partial charge in [-0.3, -0.25) is 0 Å². The first kappa shape index (κ1) is 13.2. The monoisotopic (exact) mass is 287 g/mol. The van der Waals surface area contributed by atoms with Gasteiger partial charge in [-0.05, 0) is 49.1 Å². The van der Waals surface area contributed by atoms with E-state index in [1.54, 1.807) is 11.8 Å². The Morgan fingerprint density at radius 2 is 1.95 bits per heavy atom. The standard InChI is InChI=1S/C16H17NO2S/c1-11(17-13-4-3-5-14(9-13)20-2)12-6-7-15-16(8-12)19-10-18-15/h3-9,11,17H,10H2,1-2H3. The molecule has 0 radical (unpaired) electrons. The summed E-state index contributed by atoms with van der Waals surface area (Å²) in [6, 6.07) is 14.7. The van der Waals surface area contributed by atoms with E-state index in [2.05, 4.69) is 48.8 Å². The molecular formula is C16H17NO2S. The largest absolute Gasteiger partial charge is 0.454 e. The number of fused-ring (bicyclic) bond motifs is 1. The molecule has 2 aromatic carbocycles. The fourth-order valence-corrected chi connectivity index (χ4v) is 2.69. The quantitative estimate of drug-likeness (QED) is 0.849. The summed E-state index contributed by atoms with van der Waals surface area (Å²) < 4.78 is 10.8. The Kier molecular flexibility index (Phi) is 3.74. The van der Waals surface area contributed by atoms with Crippen molar-refractivity contribution in [2.75, 3.05) is 18.4 Å². The third-order valence-electron chi connectivity index (χ3n) is 3.35. The van der Waals surface area contributed by atoms with Crippen LogP contribution < -0.4 is 14.8 Å². The van der Waals surface area contributed by atoms with E-state index in [1.165, 1.54) is 10.5 Å². The first-order valence-electron chi connectivity index (χ1n) is 6.56. The minimum absolute atomic E-state index is 0.210. The predicted octanol–water partition coefficient (Wildman–Crippen LogP) is 4.31. The Morgan fingerprint density at radius 1 is 1.10 bits per heavy atom. The van der Waals surface area contributed by atoms with Crippen LogP contribution in [0.3, 0.4) is 0 Å². The fraction of sp³-hybridized carbons (Fsp3) is 0.250. The highest BCUT2D eigenvalue weighted by atomic mass is 32.2. The van der Waals surface area contributed by atoms with E-state index in [4.69, 9.17) is 9.47 Å². The molecule has 0 aliphatic carbocycles. The molecule has 3 nitrogen and oxygen atoms in total. The lowest BCUT2D eigenvalue weighted by Gasteiger charge is -2.16. The van der Waals surface area contributed by atoms with Crippen LogP contribution >= 0.6 is 11.8 Å². The van der Waals surface area contributed by atoms with Crippen molar-refractivity contribution in [1.29, 1.82) is 0 Å². The summed E-state index contributed by atoms with van der Waals surface area (Å²) in [5.41, 5.74) is 2.31. The molecule has 4 heteroatoms. The number of thioether (sulfide) groups is 1. The van der Waals surface area contributed by atoms with Gasteiger partial charge in [-0.1, -0.05) is 12.1 Å². The number of hydrogen-bond donors (Lipinski definition) is 1. The van der Waals surface area contributed by atoms with Crippen LogP contribution in [0.15, 0.2) is 47.4 Å². The van der Waals surface area contributed by atoms with Crippen molar-refractivity contribution in [3.8, 4) is 11.5 Å². The molecule has 2 aromatic rings. The average molecular weight is 287 g/mol. The third-order valence-corrected chi connectivity index (χ3v) is 4.07. The number of anilines is 1. The van der Waals surface area contributed by atoms with Crippen molar-refractivity contribution in [1.82, 2.24) is 0 Å². The van der Waals surface area contributed by atoms with Gasteiger partial charge in [0.1, 0.15) is 0 Å². The number of rotatable bonds is 4. The molecule has 20 heavy (non-hydrogen) atoms. The summed E-state index contributed by atoms with van der Waals surface area (Å²) >= 11 is 1.75. The lowest BCUT2D eigenvalue weighted by molar-refractivity contribution is 0.174. The first-order chi connectivity index (χ1) is 9.76. The summed E-state index contributed by atoms with van der Waals surface area (Å²) in [6.07, 6.45) is 2.08. The van der Waals surface area contributed by atoms with E-state index in [1.807, 2.05) is 12.1 Å². The van der Waals surface area contributed by atoms with Crippen LogP contribution in [0.25, 0.3) is 0 Å². The normalized spacial score (nSPS) is 14.1. The number of nitrogens with one attached hydrogen (secondary N) is 1. The Balaban J connectivity index is 1.77. The molecule has 104 valence electrons. The van der Waals surface area contributed by atoms with E-state index in [9.17, 15) is 0 Å². The van der Waals surface area contributed by atoms with E-state index >= 15 is 0 Å². The Morgan fingerprint density at radius 3 is 2.80 bits per heavy atom. The van der Waals surface area contributed by atoms with Crippen molar-refractivity contribution in [3.05, 3.63) is 48.0 Å². The minimum Gasteiger partial charge on any atom is -0.454 e. The highest BCUT2D eigenvalue weighted by Gasteiger charge is 2.15. The van der Waals surface area contributed by atoms with Gasteiger partial charge in [-0.15, -0.1) is 11.8 Å².